The fourth-order valence-corrected chi connectivity index (χ4v) is 3.12. The molecule has 0 radical (unpaired) electrons. The first kappa shape index (κ1) is 17.4. The van der Waals surface area contributed by atoms with Crippen LogP contribution in [0.1, 0.15) is 0 Å². The third-order valence-electron chi connectivity index (χ3n) is 3.85. The Morgan fingerprint density at radius 2 is 1.74 bits per heavy atom. The number of nitrogens with one attached hydrogen (secondary N) is 2. The van der Waals surface area contributed by atoms with E-state index >= 15 is 0 Å². The Balaban J connectivity index is 1.77. The first-order valence-corrected chi connectivity index (χ1v) is 8.70. The summed E-state index contributed by atoms with van der Waals surface area (Å²) in [5, 5.41) is 4.16. The first-order valence-electron chi connectivity index (χ1n) is 7.94. The van der Waals surface area contributed by atoms with Gasteiger partial charge >= 0.3 is 0 Å². The van der Waals surface area contributed by atoms with Gasteiger partial charge in [-0.15, -0.1) is 0 Å². The van der Waals surface area contributed by atoms with Gasteiger partial charge in [0.2, 0.25) is 0 Å². The predicted molar refractivity (Wildman–Crippen MR) is 107 cm³/mol. The average Bonchev–Trinajstić information content (AvgIpc) is 3.06. The number of H-pyrrole nitrogens is 1. The van der Waals surface area contributed by atoms with Crippen LogP contribution in [0.15, 0.2) is 36.9 Å². The van der Waals surface area contributed by atoms with E-state index < -0.39 is 0 Å². The van der Waals surface area contributed by atoms with E-state index in [0.29, 0.717) is 44.2 Å². The van der Waals surface area contributed by atoms with Crippen molar-refractivity contribution in [2.24, 2.45) is 0 Å². The molecule has 4 aromatic rings. The van der Waals surface area contributed by atoms with Crippen LogP contribution in [-0.4, -0.2) is 44.0 Å². The van der Waals surface area contributed by atoms with Crippen LogP contribution in [-0.2, 0) is 0 Å². The van der Waals surface area contributed by atoms with Gasteiger partial charge in [0.15, 0.2) is 11.5 Å². The van der Waals surface area contributed by atoms with Crippen molar-refractivity contribution in [3.63, 3.8) is 0 Å². The molecule has 10 heteroatoms. The van der Waals surface area contributed by atoms with Crippen molar-refractivity contribution in [1.29, 1.82) is 0 Å². The summed E-state index contributed by atoms with van der Waals surface area (Å²) in [6, 6.07) is 7.10. The van der Waals surface area contributed by atoms with Crippen LogP contribution in [0.5, 0.6) is 0 Å². The summed E-state index contributed by atoms with van der Waals surface area (Å²) < 4.78 is 0. The van der Waals surface area contributed by atoms with E-state index in [1.54, 1.807) is 18.2 Å². The molecule has 0 aliphatic carbocycles. The largest absolute Gasteiger partial charge is 0.363 e. The van der Waals surface area contributed by atoms with Gasteiger partial charge in [0.05, 0.1) is 15.6 Å². The monoisotopic (exact) mass is 400 g/mol. The Kier molecular flexibility index (Phi) is 4.51. The van der Waals surface area contributed by atoms with Gasteiger partial charge in [-0.3, -0.25) is 0 Å². The lowest BCUT2D eigenvalue weighted by atomic mass is 10.2. The zero-order valence-electron chi connectivity index (χ0n) is 14.4. The van der Waals surface area contributed by atoms with Crippen molar-refractivity contribution in [3.05, 3.63) is 47.0 Å². The molecule has 0 atom stereocenters. The SMILES string of the molecule is CN(C)c1cc(Nc2ncnc3nc(-c4c(Cl)cccc4Cl)[nH]c23)ncn1. The van der Waals surface area contributed by atoms with Crippen molar-refractivity contribution >= 4 is 51.8 Å². The van der Waals surface area contributed by atoms with Crippen LogP contribution in [0, 0.1) is 0 Å². The lowest BCUT2D eigenvalue weighted by Gasteiger charge is -2.12. The summed E-state index contributed by atoms with van der Waals surface area (Å²) in [4.78, 5) is 26.5. The molecular formula is C17H14Cl2N8. The summed E-state index contributed by atoms with van der Waals surface area (Å²) in [6.45, 7) is 0. The fraction of sp³-hybridized carbons (Fsp3) is 0.118. The Hall–Kier alpha value is -2.97. The second-order valence-electron chi connectivity index (χ2n) is 5.88. The third kappa shape index (κ3) is 3.36. The zero-order chi connectivity index (χ0) is 19.0. The van der Waals surface area contributed by atoms with Crippen LogP contribution < -0.4 is 10.2 Å². The molecule has 2 N–H and O–H groups in total. The number of anilines is 3. The minimum Gasteiger partial charge on any atom is -0.363 e. The molecule has 3 aromatic heterocycles. The molecule has 136 valence electrons. The van der Waals surface area contributed by atoms with Gasteiger partial charge in [-0.2, -0.15) is 0 Å². The molecule has 8 nitrogen and oxygen atoms in total. The minimum atomic E-state index is 0.486. The molecule has 3 heterocycles. The highest BCUT2D eigenvalue weighted by Crippen LogP contribution is 2.34. The molecule has 0 fully saturated rings. The van der Waals surface area contributed by atoms with E-state index in [-0.39, 0.29) is 0 Å². The first-order chi connectivity index (χ1) is 13.0. The van der Waals surface area contributed by atoms with Gasteiger partial charge in [-0.05, 0) is 12.1 Å². The molecule has 0 saturated heterocycles. The van der Waals surface area contributed by atoms with Crippen LogP contribution in [0.2, 0.25) is 10.0 Å². The third-order valence-corrected chi connectivity index (χ3v) is 4.48. The smallest absolute Gasteiger partial charge is 0.183 e. The predicted octanol–water partition coefficient (Wildman–Crippen LogP) is 3.93. The molecule has 0 bridgehead atoms. The number of imidazole rings is 1. The van der Waals surface area contributed by atoms with Gasteiger partial charge < -0.3 is 15.2 Å². The Morgan fingerprint density at radius 3 is 2.48 bits per heavy atom. The number of aromatic nitrogens is 6. The normalized spacial score (nSPS) is 11.0. The molecule has 0 spiro atoms. The standard InChI is InChI=1S/C17H14Cl2N8/c1-27(2)12-6-11(20-7-21-12)24-16-14-17(23-8-22-16)26-15(25-14)13-9(18)4-3-5-10(13)19/h3-8H,1-2H3,(H2,20,21,22,23,24,25,26). The highest BCUT2D eigenvalue weighted by atomic mass is 35.5. The molecule has 0 aliphatic heterocycles. The summed E-state index contributed by atoms with van der Waals surface area (Å²) in [6.07, 6.45) is 2.91. The van der Waals surface area contributed by atoms with Gasteiger partial charge in [-0.1, -0.05) is 29.3 Å². The zero-order valence-corrected chi connectivity index (χ0v) is 15.9. The summed E-state index contributed by atoms with van der Waals surface area (Å²) in [5.41, 5.74) is 1.72. The number of benzene rings is 1. The number of aromatic amines is 1. The van der Waals surface area contributed by atoms with Crippen LogP contribution in [0.25, 0.3) is 22.6 Å². The quantitative estimate of drug-likeness (QED) is 0.535. The fourth-order valence-electron chi connectivity index (χ4n) is 2.55. The highest BCUT2D eigenvalue weighted by molar-refractivity contribution is 6.39. The molecule has 0 aliphatic rings. The maximum atomic E-state index is 6.29. The number of halogens is 2. The Labute approximate surface area is 164 Å². The van der Waals surface area contributed by atoms with Crippen molar-refractivity contribution in [2.45, 2.75) is 0 Å². The summed E-state index contributed by atoms with van der Waals surface area (Å²) >= 11 is 12.6. The molecule has 4 rings (SSSR count). The number of hydrogen-bond acceptors (Lipinski definition) is 7. The molecular weight excluding hydrogens is 387 g/mol. The lowest BCUT2D eigenvalue weighted by molar-refractivity contribution is 1.04. The topological polar surface area (TPSA) is 95.5 Å². The maximum Gasteiger partial charge on any atom is 0.183 e. The Bertz CT molecular complexity index is 1100. The average molecular weight is 401 g/mol. The molecule has 27 heavy (non-hydrogen) atoms. The lowest BCUT2D eigenvalue weighted by Crippen LogP contribution is -2.11. The van der Waals surface area contributed by atoms with Crippen LogP contribution in [0.3, 0.4) is 0 Å². The number of nitrogens with zero attached hydrogens (tertiary/aromatic N) is 6. The number of rotatable bonds is 4. The highest BCUT2D eigenvalue weighted by Gasteiger charge is 2.16. The summed E-state index contributed by atoms with van der Waals surface area (Å²) in [5.74, 6) is 2.41. The maximum absolute atomic E-state index is 6.29. The summed E-state index contributed by atoms with van der Waals surface area (Å²) in [7, 11) is 3.81. The van der Waals surface area contributed by atoms with Crippen LogP contribution in [0.4, 0.5) is 17.5 Å². The number of hydrogen-bond donors (Lipinski definition) is 2. The van der Waals surface area contributed by atoms with Gasteiger partial charge in [0.1, 0.15) is 35.6 Å². The van der Waals surface area contributed by atoms with Crippen molar-refractivity contribution in [3.8, 4) is 11.4 Å². The molecule has 1 aromatic carbocycles. The minimum absolute atomic E-state index is 0.486. The van der Waals surface area contributed by atoms with E-state index in [4.69, 9.17) is 23.2 Å². The van der Waals surface area contributed by atoms with E-state index in [1.165, 1.54) is 12.7 Å². The molecule has 0 unspecified atom stereocenters. The van der Waals surface area contributed by atoms with E-state index in [2.05, 4.69) is 35.2 Å². The van der Waals surface area contributed by atoms with Crippen LogP contribution >= 0.6 is 23.2 Å². The van der Waals surface area contributed by atoms with Gasteiger partial charge in [0.25, 0.3) is 0 Å². The number of fused-ring (bicyclic) bond motifs is 1. The molecule has 0 saturated carbocycles. The van der Waals surface area contributed by atoms with Crippen molar-refractivity contribution in [1.82, 2.24) is 29.9 Å². The molecule has 0 amide bonds. The Morgan fingerprint density at radius 1 is 1.00 bits per heavy atom. The van der Waals surface area contributed by atoms with Crippen molar-refractivity contribution in [2.75, 3.05) is 24.3 Å². The van der Waals surface area contributed by atoms with Gasteiger partial charge in [0, 0.05) is 20.2 Å². The van der Waals surface area contributed by atoms with E-state index in [9.17, 15) is 0 Å². The van der Waals surface area contributed by atoms with E-state index in [1.807, 2.05) is 25.1 Å². The van der Waals surface area contributed by atoms with Gasteiger partial charge in [-0.25, -0.2) is 24.9 Å². The second kappa shape index (κ2) is 6.98. The van der Waals surface area contributed by atoms with Crippen molar-refractivity contribution < 1.29 is 0 Å². The van der Waals surface area contributed by atoms with E-state index in [0.717, 1.165) is 5.82 Å². The second-order valence-corrected chi connectivity index (χ2v) is 6.70.